The first kappa shape index (κ1) is 18.1. The van der Waals surface area contributed by atoms with E-state index in [-0.39, 0.29) is 12.5 Å². The lowest BCUT2D eigenvalue weighted by Crippen LogP contribution is -2.50. The van der Waals surface area contributed by atoms with Crippen LogP contribution in [0.3, 0.4) is 0 Å². The molecule has 0 saturated carbocycles. The van der Waals surface area contributed by atoms with Crippen LogP contribution in [0.25, 0.3) is 6.08 Å². The molecule has 0 unspecified atom stereocenters. The van der Waals surface area contributed by atoms with E-state index in [1.165, 1.54) is 17.4 Å². The van der Waals surface area contributed by atoms with Crippen molar-refractivity contribution in [3.8, 4) is 0 Å². The first-order chi connectivity index (χ1) is 12.6. The average molecular weight is 372 g/mol. The number of ether oxygens (including phenoxy) is 1. The Morgan fingerprint density at radius 3 is 2.73 bits per heavy atom. The number of esters is 1. The third kappa shape index (κ3) is 4.89. The minimum atomic E-state index is -0.545. The number of thiazole rings is 1. The standard InChI is InChI=1S/C18H20N4O3S/c1-14-20-15(13-26-14)5-6-18(24)25-12-17(23)22-10-8-21(9-11-22)16-4-2-3-7-19-16/h2-7,13H,8-12H2,1H3/b6-5+. The van der Waals surface area contributed by atoms with E-state index >= 15 is 0 Å². The molecule has 7 nitrogen and oxygen atoms in total. The molecule has 0 aliphatic carbocycles. The molecule has 8 heteroatoms. The Hall–Kier alpha value is -2.74. The van der Waals surface area contributed by atoms with Crippen molar-refractivity contribution < 1.29 is 14.3 Å². The first-order valence-corrected chi connectivity index (χ1v) is 9.20. The zero-order valence-electron chi connectivity index (χ0n) is 14.5. The van der Waals surface area contributed by atoms with E-state index in [1.54, 1.807) is 17.2 Å². The fourth-order valence-electron chi connectivity index (χ4n) is 2.61. The van der Waals surface area contributed by atoms with Gasteiger partial charge >= 0.3 is 5.97 Å². The van der Waals surface area contributed by atoms with Gasteiger partial charge in [0.05, 0.1) is 10.7 Å². The minimum absolute atomic E-state index is 0.183. The highest BCUT2D eigenvalue weighted by molar-refractivity contribution is 7.09. The minimum Gasteiger partial charge on any atom is -0.452 e. The van der Waals surface area contributed by atoms with Gasteiger partial charge in [-0.15, -0.1) is 11.3 Å². The van der Waals surface area contributed by atoms with Crippen molar-refractivity contribution in [2.24, 2.45) is 0 Å². The molecule has 2 aromatic heterocycles. The molecule has 1 amide bonds. The quantitative estimate of drug-likeness (QED) is 0.588. The summed E-state index contributed by atoms with van der Waals surface area (Å²) < 4.78 is 5.03. The van der Waals surface area contributed by atoms with Crippen molar-refractivity contribution in [3.63, 3.8) is 0 Å². The van der Waals surface area contributed by atoms with Crippen molar-refractivity contribution in [2.45, 2.75) is 6.92 Å². The van der Waals surface area contributed by atoms with Crippen LogP contribution in [-0.4, -0.2) is 59.5 Å². The van der Waals surface area contributed by atoms with E-state index in [4.69, 9.17) is 4.74 Å². The largest absolute Gasteiger partial charge is 0.452 e. The third-order valence-corrected chi connectivity index (χ3v) is 4.76. The van der Waals surface area contributed by atoms with Crippen molar-refractivity contribution in [2.75, 3.05) is 37.7 Å². The number of nitrogens with zero attached hydrogens (tertiary/aromatic N) is 4. The van der Waals surface area contributed by atoms with E-state index in [0.29, 0.717) is 31.9 Å². The Labute approximate surface area is 155 Å². The van der Waals surface area contributed by atoms with Gasteiger partial charge in [0.15, 0.2) is 6.61 Å². The van der Waals surface area contributed by atoms with Gasteiger partial charge in [0, 0.05) is 43.8 Å². The first-order valence-electron chi connectivity index (χ1n) is 8.32. The van der Waals surface area contributed by atoms with Crippen LogP contribution >= 0.6 is 11.3 Å². The summed E-state index contributed by atoms with van der Waals surface area (Å²) in [6, 6.07) is 5.77. The van der Waals surface area contributed by atoms with Gasteiger partial charge in [-0.05, 0) is 25.1 Å². The monoisotopic (exact) mass is 372 g/mol. The van der Waals surface area contributed by atoms with Crippen LogP contribution in [0.15, 0.2) is 35.9 Å². The van der Waals surface area contributed by atoms with Crippen molar-refractivity contribution in [1.82, 2.24) is 14.9 Å². The van der Waals surface area contributed by atoms with Crippen LogP contribution in [0.4, 0.5) is 5.82 Å². The van der Waals surface area contributed by atoms with Crippen LogP contribution in [0.2, 0.25) is 0 Å². The van der Waals surface area contributed by atoms with E-state index in [9.17, 15) is 9.59 Å². The fourth-order valence-corrected chi connectivity index (χ4v) is 3.19. The van der Waals surface area contributed by atoms with E-state index < -0.39 is 5.97 Å². The number of pyridine rings is 1. The Morgan fingerprint density at radius 2 is 2.08 bits per heavy atom. The van der Waals surface area contributed by atoms with Crippen LogP contribution in [0.5, 0.6) is 0 Å². The molecule has 0 atom stereocenters. The highest BCUT2D eigenvalue weighted by Gasteiger charge is 2.22. The Morgan fingerprint density at radius 1 is 1.27 bits per heavy atom. The predicted octanol–water partition coefficient (Wildman–Crippen LogP) is 1.75. The Balaban J connectivity index is 1.41. The summed E-state index contributed by atoms with van der Waals surface area (Å²) in [7, 11) is 0. The number of carbonyl (C=O) groups is 2. The summed E-state index contributed by atoms with van der Waals surface area (Å²) in [6.45, 7) is 4.23. The molecule has 1 aliphatic heterocycles. The highest BCUT2D eigenvalue weighted by atomic mass is 32.1. The molecule has 0 spiro atoms. The van der Waals surface area contributed by atoms with Crippen LogP contribution < -0.4 is 4.90 Å². The molecule has 0 N–H and O–H groups in total. The lowest BCUT2D eigenvalue weighted by atomic mass is 10.3. The topological polar surface area (TPSA) is 75.6 Å². The van der Waals surface area contributed by atoms with E-state index in [2.05, 4.69) is 14.9 Å². The predicted molar refractivity (Wildman–Crippen MR) is 99.9 cm³/mol. The number of piperazine rings is 1. The van der Waals surface area contributed by atoms with Gasteiger partial charge in [-0.1, -0.05) is 6.07 Å². The van der Waals surface area contributed by atoms with Crippen molar-refractivity contribution in [3.05, 3.63) is 46.6 Å². The average Bonchev–Trinajstić information content (AvgIpc) is 3.10. The van der Waals surface area contributed by atoms with Gasteiger partial charge in [-0.25, -0.2) is 14.8 Å². The summed E-state index contributed by atoms with van der Waals surface area (Å²) >= 11 is 1.51. The van der Waals surface area contributed by atoms with Gasteiger partial charge in [-0.3, -0.25) is 4.79 Å². The number of aryl methyl sites for hydroxylation is 1. The number of hydrogen-bond acceptors (Lipinski definition) is 7. The molecule has 136 valence electrons. The van der Waals surface area contributed by atoms with Gasteiger partial charge in [0.2, 0.25) is 0 Å². The molecule has 0 aromatic carbocycles. The maximum atomic E-state index is 12.2. The second-order valence-corrected chi connectivity index (χ2v) is 6.85. The number of aromatic nitrogens is 2. The Kier molecular flexibility index (Phi) is 5.96. The Bertz CT molecular complexity index is 783. The van der Waals surface area contributed by atoms with Crippen LogP contribution in [0.1, 0.15) is 10.7 Å². The lowest BCUT2D eigenvalue weighted by molar-refractivity contribution is -0.148. The zero-order chi connectivity index (χ0) is 18.4. The summed E-state index contributed by atoms with van der Waals surface area (Å²) in [6.07, 6.45) is 4.63. The zero-order valence-corrected chi connectivity index (χ0v) is 15.3. The van der Waals surface area contributed by atoms with Crippen molar-refractivity contribution in [1.29, 1.82) is 0 Å². The SMILES string of the molecule is Cc1nc(/C=C/C(=O)OCC(=O)N2CCN(c3ccccn3)CC2)cs1. The number of carbonyl (C=O) groups excluding carboxylic acids is 2. The summed E-state index contributed by atoms with van der Waals surface area (Å²) in [5.74, 6) is 0.182. The molecule has 0 radical (unpaired) electrons. The third-order valence-electron chi connectivity index (χ3n) is 3.97. The molecular formula is C18H20N4O3S. The molecule has 0 bridgehead atoms. The summed E-state index contributed by atoms with van der Waals surface area (Å²) in [5.41, 5.74) is 0.710. The molecular weight excluding hydrogens is 352 g/mol. The van der Waals surface area contributed by atoms with Gasteiger partial charge < -0.3 is 14.5 Å². The smallest absolute Gasteiger partial charge is 0.331 e. The molecule has 1 aliphatic rings. The summed E-state index contributed by atoms with van der Waals surface area (Å²) in [4.78, 5) is 36.3. The molecule has 2 aromatic rings. The van der Waals surface area contributed by atoms with Crippen LogP contribution in [-0.2, 0) is 14.3 Å². The number of rotatable bonds is 5. The summed E-state index contributed by atoms with van der Waals surface area (Å²) in [5, 5.41) is 2.78. The van der Waals surface area contributed by atoms with E-state index in [0.717, 1.165) is 10.8 Å². The number of anilines is 1. The molecule has 1 fully saturated rings. The maximum Gasteiger partial charge on any atom is 0.331 e. The van der Waals surface area contributed by atoms with Gasteiger partial charge in [0.1, 0.15) is 5.82 Å². The fraction of sp³-hybridized carbons (Fsp3) is 0.333. The molecule has 1 saturated heterocycles. The normalized spacial score (nSPS) is 14.7. The lowest BCUT2D eigenvalue weighted by Gasteiger charge is -2.35. The van der Waals surface area contributed by atoms with Crippen LogP contribution in [0, 0.1) is 6.92 Å². The van der Waals surface area contributed by atoms with Crippen molar-refractivity contribution >= 4 is 35.1 Å². The number of hydrogen-bond donors (Lipinski definition) is 0. The molecule has 3 heterocycles. The highest BCUT2D eigenvalue weighted by Crippen LogP contribution is 2.13. The van der Waals surface area contributed by atoms with Gasteiger partial charge in [0.25, 0.3) is 5.91 Å². The molecule has 3 rings (SSSR count). The second-order valence-electron chi connectivity index (χ2n) is 5.79. The molecule has 26 heavy (non-hydrogen) atoms. The number of amides is 1. The second kappa shape index (κ2) is 8.57. The maximum absolute atomic E-state index is 12.2. The van der Waals surface area contributed by atoms with Gasteiger partial charge in [-0.2, -0.15) is 0 Å². The van der Waals surface area contributed by atoms with E-state index in [1.807, 2.05) is 30.5 Å².